The molecule has 0 spiro atoms. The van der Waals surface area contributed by atoms with Crippen molar-refractivity contribution in [3.05, 3.63) is 146 Å². The zero-order valence-electron chi connectivity index (χ0n) is 51.8. The normalized spacial score (nSPS) is 13.1. The Bertz CT molecular complexity index is 1750. The molecule has 0 aromatic heterocycles. The molecule has 0 heterocycles. The molecule has 6 heteroatoms. The fourth-order valence-corrected chi connectivity index (χ4v) is 8.62. The highest BCUT2D eigenvalue weighted by molar-refractivity contribution is 5.71. The van der Waals surface area contributed by atoms with Gasteiger partial charge in [-0.2, -0.15) is 0 Å². The fraction of sp³-hybridized carbons (Fsp3) is 0.635. The molecule has 0 amide bonds. The average Bonchev–Trinajstić information content (AvgIpc) is 3.46. The van der Waals surface area contributed by atoms with Crippen LogP contribution in [0.15, 0.2) is 146 Å². The van der Waals surface area contributed by atoms with Crippen LogP contribution in [0, 0.1) is 0 Å². The van der Waals surface area contributed by atoms with Crippen molar-refractivity contribution in [2.45, 2.75) is 290 Å². The summed E-state index contributed by atoms with van der Waals surface area (Å²) in [5.41, 5.74) is 0. The third kappa shape index (κ3) is 64.1. The Hall–Kier alpha value is -4.71. The van der Waals surface area contributed by atoms with Gasteiger partial charge >= 0.3 is 17.9 Å². The molecule has 0 aliphatic rings. The van der Waals surface area contributed by atoms with E-state index in [0.29, 0.717) is 19.3 Å². The van der Waals surface area contributed by atoms with E-state index in [2.05, 4.69) is 167 Å². The van der Waals surface area contributed by atoms with Gasteiger partial charge in [0.1, 0.15) is 13.2 Å². The lowest BCUT2D eigenvalue weighted by Gasteiger charge is -2.18. The molecule has 6 nitrogen and oxygen atoms in total. The number of allylic oxidation sites excluding steroid dienone is 24. The van der Waals surface area contributed by atoms with Gasteiger partial charge in [-0.3, -0.25) is 14.4 Å². The number of carbonyl (C=O) groups is 3. The summed E-state index contributed by atoms with van der Waals surface area (Å²) in [6, 6.07) is 0. The second kappa shape index (κ2) is 66.8. The first-order chi connectivity index (χ1) is 39.5. The molecule has 0 aliphatic carbocycles. The monoisotopic (exact) mass is 1100 g/mol. The van der Waals surface area contributed by atoms with Crippen LogP contribution in [0.2, 0.25) is 0 Å². The number of hydrogen-bond acceptors (Lipinski definition) is 6. The van der Waals surface area contributed by atoms with Gasteiger partial charge in [0, 0.05) is 19.3 Å². The van der Waals surface area contributed by atoms with Crippen molar-refractivity contribution in [1.29, 1.82) is 0 Å². The highest BCUT2D eigenvalue weighted by atomic mass is 16.6. The number of carbonyl (C=O) groups excluding carboxylic acids is 3. The van der Waals surface area contributed by atoms with E-state index in [-0.39, 0.29) is 31.1 Å². The maximum atomic E-state index is 12.9. The molecule has 452 valence electrons. The summed E-state index contributed by atoms with van der Waals surface area (Å²) in [7, 11) is 0. The van der Waals surface area contributed by atoms with Crippen LogP contribution in [0.5, 0.6) is 0 Å². The third-order valence-corrected chi connectivity index (χ3v) is 13.5. The van der Waals surface area contributed by atoms with Crippen LogP contribution in [0.3, 0.4) is 0 Å². The van der Waals surface area contributed by atoms with E-state index in [9.17, 15) is 14.4 Å². The summed E-state index contributed by atoms with van der Waals surface area (Å²) >= 11 is 0. The Labute approximate surface area is 493 Å². The van der Waals surface area contributed by atoms with E-state index in [0.717, 1.165) is 173 Å². The summed E-state index contributed by atoms with van der Waals surface area (Å²) in [6.45, 7) is 6.44. The highest BCUT2D eigenvalue weighted by Crippen LogP contribution is 2.14. The van der Waals surface area contributed by atoms with Gasteiger partial charge in [0.25, 0.3) is 0 Å². The van der Waals surface area contributed by atoms with Gasteiger partial charge in [0.05, 0.1) is 0 Å². The fourth-order valence-electron chi connectivity index (χ4n) is 8.62. The van der Waals surface area contributed by atoms with Crippen molar-refractivity contribution >= 4 is 17.9 Å². The Kier molecular flexibility index (Phi) is 62.9. The van der Waals surface area contributed by atoms with Crippen molar-refractivity contribution in [3.8, 4) is 0 Å². The minimum atomic E-state index is -0.807. The molecule has 0 N–H and O–H groups in total. The Morgan fingerprint density at radius 1 is 0.263 bits per heavy atom. The predicted octanol–water partition coefficient (Wildman–Crippen LogP) is 22.7. The first-order valence-electron chi connectivity index (χ1n) is 32.8. The van der Waals surface area contributed by atoms with E-state index in [1.165, 1.54) is 70.6 Å². The molecule has 0 aromatic carbocycles. The van der Waals surface area contributed by atoms with Crippen molar-refractivity contribution in [3.63, 3.8) is 0 Å². The number of ether oxygens (including phenoxy) is 3. The Morgan fingerprint density at radius 3 is 0.800 bits per heavy atom. The van der Waals surface area contributed by atoms with Crippen molar-refractivity contribution in [2.75, 3.05) is 13.2 Å². The second-order valence-corrected chi connectivity index (χ2v) is 21.3. The second-order valence-electron chi connectivity index (χ2n) is 21.3. The Morgan fingerprint density at radius 2 is 0.500 bits per heavy atom. The molecule has 0 saturated carbocycles. The van der Waals surface area contributed by atoms with E-state index in [4.69, 9.17) is 14.2 Å². The molecule has 0 bridgehead atoms. The largest absolute Gasteiger partial charge is 0.462 e. The van der Waals surface area contributed by atoms with E-state index in [1.54, 1.807) is 0 Å². The molecular formula is C74H120O6. The third-order valence-electron chi connectivity index (χ3n) is 13.5. The van der Waals surface area contributed by atoms with Gasteiger partial charge in [-0.1, -0.05) is 269 Å². The zero-order valence-corrected chi connectivity index (χ0v) is 51.8. The number of hydrogen-bond donors (Lipinski definition) is 0. The van der Waals surface area contributed by atoms with Crippen molar-refractivity contribution in [2.24, 2.45) is 0 Å². The highest BCUT2D eigenvalue weighted by Gasteiger charge is 2.19. The van der Waals surface area contributed by atoms with Crippen LogP contribution in [0.1, 0.15) is 284 Å². The maximum Gasteiger partial charge on any atom is 0.306 e. The minimum Gasteiger partial charge on any atom is -0.462 e. The maximum absolute atomic E-state index is 12.9. The summed E-state index contributed by atoms with van der Waals surface area (Å²) < 4.78 is 16.9. The van der Waals surface area contributed by atoms with Gasteiger partial charge in [-0.25, -0.2) is 0 Å². The van der Waals surface area contributed by atoms with E-state index < -0.39 is 6.10 Å². The molecule has 0 radical (unpaired) electrons. The minimum absolute atomic E-state index is 0.102. The number of rotatable bonds is 58. The summed E-state index contributed by atoms with van der Waals surface area (Å²) in [5.74, 6) is -0.947. The molecule has 0 fully saturated rings. The van der Waals surface area contributed by atoms with Crippen LogP contribution in [0.25, 0.3) is 0 Å². The standard InChI is InChI=1S/C74H120O6/c1-4-7-10-13-16-19-22-25-28-30-32-34-35-36-37-38-39-41-42-44-46-49-52-55-58-61-64-67-73(76)79-70-71(69-78-72(75)66-63-60-57-54-51-48-27-24-21-18-15-12-9-6-3)80-74(77)68-65-62-59-56-53-50-47-45-43-40-33-31-29-26-23-20-17-14-11-8-5-2/h7,10,15-16,18-19,23-28,31-34,36-37,39,41,43-46,71H,4-6,8-9,11-14,17,20-22,29-30,35,38,40,42,47-70H2,1-3H3/b10-7-,18-15-,19-16-,26-23-,27-24-,28-25-,33-31-,34-32-,37-36-,41-39-,45-43-,46-44-. The van der Waals surface area contributed by atoms with Crippen LogP contribution >= 0.6 is 0 Å². The zero-order chi connectivity index (χ0) is 57.8. The summed E-state index contributed by atoms with van der Waals surface area (Å²) in [4.78, 5) is 38.4. The molecule has 80 heavy (non-hydrogen) atoms. The summed E-state index contributed by atoms with van der Waals surface area (Å²) in [6.07, 6.45) is 95.6. The summed E-state index contributed by atoms with van der Waals surface area (Å²) in [5, 5.41) is 0. The first kappa shape index (κ1) is 75.3. The molecule has 0 aliphatic heterocycles. The first-order valence-corrected chi connectivity index (χ1v) is 32.8. The quantitative estimate of drug-likeness (QED) is 0.0261. The SMILES string of the molecule is CC/C=C\C/C=C\C/C=C\C/C=C\C/C=C\C/C=C\C/C=C\CCCCCCCC(=O)OCC(COC(=O)CCCCCCC/C=C\C/C=C\CCCC)OC(=O)CCCCCCCC/C=C\C/C=C\C/C=C\CCCCCCC. The molecular weight excluding hydrogens is 985 g/mol. The van der Waals surface area contributed by atoms with Crippen LogP contribution in [0.4, 0.5) is 0 Å². The van der Waals surface area contributed by atoms with Crippen LogP contribution in [-0.2, 0) is 28.6 Å². The van der Waals surface area contributed by atoms with Gasteiger partial charge in [-0.15, -0.1) is 0 Å². The van der Waals surface area contributed by atoms with Gasteiger partial charge < -0.3 is 14.2 Å². The topological polar surface area (TPSA) is 78.9 Å². The average molecular weight is 1110 g/mol. The molecule has 0 rings (SSSR count). The van der Waals surface area contributed by atoms with Crippen LogP contribution < -0.4 is 0 Å². The number of esters is 3. The van der Waals surface area contributed by atoms with Gasteiger partial charge in [0.2, 0.25) is 0 Å². The molecule has 1 atom stereocenters. The number of unbranched alkanes of at least 4 members (excludes halogenated alkanes) is 23. The lowest BCUT2D eigenvalue weighted by molar-refractivity contribution is -0.167. The predicted molar refractivity (Wildman–Crippen MR) is 348 cm³/mol. The molecule has 0 aromatic rings. The van der Waals surface area contributed by atoms with E-state index in [1.807, 2.05) is 0 Å². The lowest BCUT2D eigenvalue weighted by Crippen LogP contribution is -2.30. The van der Waals surface area contributed by atoms with Crippen molar-refractivity contribution in [1.82, 2.24) is 0 Å². The van der Waals surface area contributed by atoms with Crippen LogP contribution in [-0.4, -0.2) is 37.2 Å². The lowest BCUT2D eigenvalue weighted by atomic mass is 10.1. The van der Waals surface area contributed by atoms with Gasteiger partial charge in [0.15, 0.2) is 6.10 Å². The van der Waals surface area contributed by atoms with Crippen molar-refractivity contribution < 1.29 is 28.6 Å². The van der Waals surface area contributed by atoms with Gasteiger partial charge in [-0.05, 0) is 141 Å². The molecule has 0 saturated heterocycles. The Balaban J connectivity index is 4.45. The van der Waals surface area contributed by atoms with E-state index >= 15 is 0 Å². The smallest absolute Gasteiger partial charge is 0.306 e. The molecule has 1 unspecified atom stereocenters.